The zero-order chi connectivity index (χ0) is 22.4. The summed E-state index contributed by atoms with van der Waals surface area (Å²) < 4.78 is 12.3. The minimum atomic E-state index is -0.285. The lowest BCUT2D eigenvalue weighted by atomic mass is 10.1. The molecule has 1 N–H and O–H groups in total. The molecule has 3 rings (SSSR count). The molecule has 0 spiro atoms. The van der Waals surface area contributed by atoms with Gasteiger partial charge in [-0.3, -0.25) is 4.79 Å². The highest BCUT2D eigenvalue weighted by molar-refractivity contribution is 9.10. The van der Waals surface area contributed by atoms with E-state index in [0.29, 0.717) is 33.3 Å². The molecule has 166 valence electrons. The van der Waals surface area contributed by atoms with E-state index >= 15 is 0 Å². The predicted molar refractivity (Wildman–Crippen MR) is 133 cm³/mol. The fourth-order valence-corrected chi connectivity index (χ4v) is 4.47. The first kappa shape index (κ1) is 23.8. The van der Waals surface area contributed by atoms with E-state index in [1.807, 2.05) is 26.0 Å². The summed E-state index contributed by atoms with van der Waals surface area (Å²) in [6.07, 6.45) is 3.56. The molecule has 8 heteroatoms. The van der Waals surface area contributed by atoms with Crippen molar-refractivity contribution in [3.8, 4) is 11.5 Å². The molecule has 1 fully saturated rings. The zero-order valence-electron chi connectivity index (χ0n) is 17.7. The molecule has 0 atom stereocenters. The summed E-state index contributed by atoms with van der Waals surface area (Å²) in [5.41, 5.74) is 2.37. The minimum absolute atomic E-state index is 0.166. The fourth-order valence-electron chi connectivity index (χ4n) is 3.44. The number of carbonyl (C=O) groups is 1. The standard InChI is InChI=1S/C23H26BrClN2O3S/c1-3-29-20-13-16(23(31)27-10-5-4-6-11-27)12-17(24)22(20)30-14-21(28)26-19-9-7-8-18(25)15(19)2/h7-9,12-13H,3-6,10-11,14H2,1-2H3,(H,26,28). The summed E-state index contributed by atoms with van der Waals surface area (Å²) in [5, 5.41) is 3.43. The Labute approximate surface area is 202 Å². The Morgan fingerprint density at radius 3 is 2.68 bits per heavy atom. The van der Waals surface area contributed by atoms with Crippen molar-refractivity contribution in [1.82, 2.24) is 4.90 Å². The Morgan fingerprint density at radius 2 is 1.97 bits per heavy atom. The van der Waals surface area contributed by atoms with Crippen molar-refractivity contribution in [2.45, 2.75) is 33.1 Å². The third kappa shape index (κ3) is 6.11. The molecule has 0 bridgehead atoms. The van der Waals surface area contributed by atoms with Crippen LogP contribution >= 0.6 is 39.7 Å². The molecule has 31 heavy (non-hydrogen) atoms. The second-order valence-corrected chi connectivity index (χ2v) is 8.97. The third-order valence-electron chi connectivity index (χ3n) is 5.09. The number of carbonyl (C=O) groups excluding carboxylic acids is 1. The number of thiocarbonyl (C=S) groups is 1. The van der Waals surface area contributed by atoms with Gasteiger partial charge in [-0.1, -0.05) is 29.9 Å². The number of hydrogen-bond acceptors (Lipinski definition) is 4. The van der Waals surface area contributed by atoms with Gasteiger partial charge in [-0.25, -0.2) is 0 Å². The minimum Gasteiger partial charge on any atom is -0.490 e. The van der Waals surface area contributed by atoms with E-state index in [1.165, 1.54) is 6.42 Å². The van der Waals surface area contributed by atoms with Crippen molar-refractivity contribution >= 4 is 56.3 Å². The quantitative estimate of drug-likeness (QED) is 0.450. The summed E-state index contributed by atoms with van der Waals surface area (Å²) in [6.45, 7) is 6.01. The Bertz CT molecular complexity index is 964. The van der Waals surface area contributed by atoms with Crippen LogP contribution in [0.3, 0.4) is 0 Å². The molecule has 1 saturated heterocycles. The van der Waals surface area contributed by atoms with Crippen molar-refractivity contribution in [2.24, 2.45) is 0 Å². The van der Waals surface area contributed by atoms with Crippen LogP contribution in [0.4, 0.5) is 5.69 Å². The highest BCUT2D eigenvalue weighted by atomic mass is 79.9. The van der Waals surface area contributed by atoms with E-state index in [-0.39, 0.29) is 12.5 Å². The first-order valence-corrected chi connectivity index (χ1v) is 11.9. The topological polar surface area (TPSA) is 50.8 Å². The van der Waals surface area contributed by atoms with Gasteiger partial charge in [0.15, 0.2) is 18.1 Å². The number of anilines is 1. The number of halogens is 2. The maximum Gasteiger partial charge on any atom is 0.262 e. The highest BCUT2D eigenvalue weighted by Crippen LogP contribution is 2.37. The number of nitrogens with one attached hydrogen (secondary N) is 1. The van der Waals surface area contributed by atoms with Crippen molar-refractivity contribution in [3.05, 3.63) is 51.0 Å². The number of nitrogens with zero attached hydrogens (tertiary/aromatic N) is 1. The lowest BCUT2D eigenvalue weighted by Crippen LogP contribution is -2.34. The van der Waals surface area contributed by atoms with Crippen molar-refractivity contribution < 1.29 is 14.3 Å². The number of ether oxygens (including phenoxy) is 2. The van der Waals surface area contributed by atoms with Crippen LogP contribution < -0.4 is 14.8 Å². The molecule has 1 aliphatic rings. The zero-order valence-corrected chi connectivity index (χ0v) is 20.8. The van der Waals surface area contributed by atoms with Gasteiger partial charge in [-0.05, 0) is 78.9 Å². The molecular formula is C23H26BrClN2O3S. The molecule has 1 aliphatic heterocycles. The average molecular weight is 526 g/mol. The van der Waals surface area contributed by atoms with Crippen LogP contribution in [0.5, 0.6) is 11.5 Å². The van der Waals surface area contributed by atoms with Crippen LogP contribution in [0.25, 0.3) is 0 Å². The lowest BCUT2D eigenvalue weighted by Gasteiger charge is -2.29. The molecular weight excluding hydrogens is 500 g/mol. The molecule has 2 aromatic rings. The Morgan fingerprint density at radius 1 is 1.23 bits per heavy atom. The molecule has 2 aromatic carbocycles. The first-order chi connectivity index (χ1) is 14.9. The average Bonchev–Trinajstić information content (AvgIpc) is 2.76. The molecule has 1 amide bonds. The Balaban J connectivity index is 1.73. The van der Waals surface area contributed by atoms with Gasteiger partial charge in [-0.2, -0.15) is 0 Å². The molecule has 1 heterocycles. The first-order valence-electron chi connectivity index (χ1n) is 10.3. The highest BCUT2D eigenvalue weighted by Gasteiger charge is 2.20. The van der Waals surface area contributed by atoms with Gasteiger partial charge in [-0.15, -0.1) is 0 Å². The summed E-state index contributed by atoms with van der Waals surface area (Å²) in [6, 6.07) is 9.19. The number of rotatable bonds is 7. The normalized spacial score (nSPS) is 13.6. The monoisotopic (exact) mass is 524 g/mol. The summed E-state index contributed by atoms with van der Waals surface area (Å²) in [4.78, 5) is 15.5. The summed E-state index contributed by atoms with van der Waals surface area (Å²) >= 11 is 15.4. The van der Waals surface area contributed by atoms with Gasteiger partial charge in [0.25, 0.3) is 5.91 Å². The number of hydrogen-bond donors (Lipinski definition) is 1. The van der Waals surface area contributed by atoms with Gasteiger partial charge < -0.3 is 19.7 Å². The van der Waals surface area contributed by atoms with Gasteiger partial charge in [0.1, 0.15) is 4.99 Å². The van der Waals surface area contributed by atoms with E-state index < -0.39 is 0 Å². The Hall–Kier alpha value is -1.83. The van der Waals surface area contributed by atoms with E-state index in [0.717, 1.165) is 42.0 Å². The molecule has 0 unspecified atom stereocenters. The van der Waals surface area contributed by atoms with Crippen LogP contribution in [-0.2, 0) is 4.79 Å². The van der Waals surface area contributed by atoms with Crippen LogP contribution in [0.15, 0.2) is 34.8 Å². The van der Waals surface area contributed by atoms with Gasteiger partial charge in [0, 0.05) is 29.4 Å². The van der Waals surface area contributed by atoms with Gasteiger partial charge >= 0.3 is 0 Å². The van der Waals surface area contributed by atoms with Crippen molar-refractivity contribution in [1.29, 1.82) is 0 Å². The van der Waals surface area contributed by atoms with Crippen LogP contribution in [0, 0.1) is 6.92 Å². The largest absolute Gasteiger partial charge is 0.490 e. The molecule has 5 nitrogen and oxygen atoms in total. The van der Waals surface area contributed by atoms with E-state index in [2.05, 4.69) is 26.1 Å². The number of amides is 1. The Kier molecular flexibility index (Phi) is 8.58. The fraction of sp³-hybridized carbons (Fsp3) is 0.391. The summed E-state index contributed by atoms with van der Waals surface area (Å²) in [5.74, 6) is 0.746. The van der Waals surface area contributed by atoms with Crippen LogP contribution in [-0.4, -0.2) is 42.1 Å². The summed E-state index contributed by atoms with van der Waals surface area (Å²) in [7, 11) is 0. The van der Waals surface area contributed by atoms with Crippen molar-refractivity contribution in [2.75, 3.05) is 31.6 Å². The second-order valence-electron chi connectivity index (χ2n) is 7.32. The maximum atomic E-state index is 12.4. The van der Waals surface area contributed by atoms with Gasteiger partial charge in [0.2, 0.25) is 0 Å². The smallest absolute Gasteiger partial charge is 0.262 e. The molecule has 0 aromatic heterocycles. The third-order valence-corrected chi connectivity index (χ3v) is 6.58. The van der Waals surface area contributed by atoms with Crippen molar-refractivity contribution in [3.63, 3.8) is 0 Å². The van der Waals surface area contributed by atoms with E-state index in [4.69, 9.17) is 33.3 Å². The number of piperidine rings is 1. The number of benzene rings is 2. The maximum absolute atomic E-state index is 12.4. The molecule has 0 aliphatic carbocycles. The van der Waals surface area contributed by atoms with Crippen LogP contribution in [0.2, 0.25) is 5.02 Å². The lowest BCUT2D eigenvalue weighted by molar-refractivity contribution is -0.118. The SMILES string of the molecule is CCOc1cc(C(=S)N2CCCCC2)cc(Br)c1OCC(=O)Nc1cccc(Cl)c1C. The van der Waals surface area contributed by atoms with Gasteiger partial charge in [0.05, 0.1) is 11.1 Å². The molecule has 0 radical (unpaired) electrons. The molecule has 0 saturated carbocycles. The predicted octanol–water partition coefficient (Wildman–Crippen LogP) is 5.99. The number of likely N-dealkylation sites (tertiary alicyclic amines) is 1. The van der Waals surface area contributed by atoms with Crippen LogP contribution in [0.1, 0.15) is 37.3 Å². The van der Waals surface area contributed by atoms with E-state index in [9.17, 15) is 4.79 Å². The van der Waals surface area contributed by atoms with E-state index in [1.54, 1.807) is 18.2 Å². The second kappa shape index (κ2) is 11.2.